The van der Waals surface area contributed by atoms with Gasteiger partial charge in [0.05, 0.1) is 12.1 Å². The van der Waals surface area contributed by atoms with Gasteiger partial charge >= 0.3 is 18.3 Å². The number of amides is 3. The molecule has 0 N–H and O–H groups in total. The second-order valence-electron chi connectivity index (χ2n) is 14.6. The van der Waals surface area contributed by atoms with E-state index >= 15 is 0 Å². The van der Waals surface area contributed by atoms with Crippen molar-refractivity contribution in [3.63, 3.8) is 0 Å². The van der Waals surface area contributed by atoms with Gasteiger partial charge in [0, 0.05) is 26.1 Å². The van der Waals surface area contributed by atoms with Crippen LogP contribution in [0.5, 0.6) is 0 Å². The van der Waals surface area contributed by atoms with Gasteiger partial charge in [0.15, 0.2) is 5.78 Å². The van der Waals surface area contributed by atoms with Crippen LogP contribution in [0.25, 0.3) is 0 Å². The minimum absolute atomic E-state index is 0.0467. The molecular weight excluding hydrogens is 614 g/mol. The minimum atomic E-state index is -0.783. The zero-order chi connectivity index (χ0) is 34.9. The van der Waals surface area contributed by atoms with Crippen LogP contribution in [0.1, 0.15) is 84.8 Å². The van der Waals surface area contributed by atoms with E-state index in [2.05, 4.69) is 0 Å². The summed E-state index contributed by atoms with van der Waals surface area (Å²) >= 11 is 0. The van der Waals surface area contributed by atoms with Crippen LogP contribution < -0.4 is 0 Å². The maximum atomic E-state index is 13.8. The number of rotatable bonds is 9. The summed E-state index contributed by atoms with van der Waals surface area (Å²) in [5.41, 5.74) is 0.244. The summed E-state index contributed by atoms with van der Waals surface area (Å²) in [7, 11) is 0. The second kappa shape index (κ2) is 16.3. The summed E-state index contributed by atoms with van der Waals surface area (Å²) < 4.78 is 16.9. The van der Waals surface area contributed by atoms with Gasteiger partial charge in [-0.3, -0.25) is 14.5 Å². The predicted octanol–water partition coefficient (Wildman–Crippen LogP) is 7.13. The molecule has 0 saturated carbocycles. The summed E-state index contributed by atoms with van der Waals surface area (Å²) in [5, 5.41) is 1.21. The molecule has 48 heavy (non-hydrogen) atoms. The van der Waals surface area contributed by atoms with E-state index in [1.54, 1.807) is 46.4 Å². The van der Waals surface area contributed by atoms with Crippen LogP contribution in [0.2, 0.25) is 0 Å². The zero-order valence-electron chi connectivity index (χ0n) is 29.2. The van der Waals surface area contributed by atoms with Crippen molar-refractivity contribution >= 4 is 24.1 Å². The Morgan fingerprint density at radius 3 is 1.85 bits per heavy atom. The van der Waals surface area contributed by atoms with E-state index in [1.165, 1.54) is 9.96 Å². The molecule has 2 aromatic carbocycles. The Morgan fingerprint density at radius 1 is 0.729 bits per heavy atom. The molecule has 0 radical (unpaired) electrons. The molecule has 4 rings (SSSR count). The van der Waals surface area contributed by atoms with Crippen molar-refractivity contribution in [3.8, 4) is 0 Å². The Balaban J connectivity index is 1.40. The Morgan fingerprint density at radius 2 is 1.29 bits per heavy atom. The molecule has 0 spiro atoms. The first kappa shape index (κ1) is 36.7. The van der Waals surface area contributed by atoms with Crippen molar-refractivity contribution in [1.82, 2.24) is 14.9 Å². The predicted molar refractivity (Wildman–Crippen MR) is 180 cm³/mol. The molecule has 2 saturated heterocycles. The summed E-state index contributed by atoms with van der Waals surface area (Å²) in [5.74, 6) is 0.0137. The van der Waals surface area contributed by atoms with E-state index in [-0.39, 0.29) is 44.0 Å². The number of piperidine rings is 2. The monoisotopic (exact) mass is 665 g/mol. The Bertz CT molecular complexity index is 1360. The van der Waals surface area contributed by atoms with Crippen LogP contribution in [0.3, 0.4) is 0 Å². The highest BCUT2D eigenvalue weighted by molar-refractivity contribution is 5.88. The van der Waals surface area contributed by atoms with Gasteiger partial charge in [0.2, 0.25) is 0 Å². The highest BCUT2D eigenvalue weighted by Crippen LogP contribution is 2.30. The van der Waals surface area contributed by atoms with Crippen molar-refractivity contribution in [3.05, 3.63) is 71.8 Å². The van der Waals surface area contributed by atoms with E-state index < -0.39 is 35.5 Å². The van der Waals surface area contributed by atoms with Crippen molar-refractivity contribution in [2.45, 2.75) is 110 Å². The summed E-state index contributed by atoms with van der Waals surface area (Å²) in [6, 6.07) is 17.7. The normalized spacial score (nSPS) is 19.0. The molecule has 0 aliphatic carbocycles. The fourth-order valence-corrected chi connectivity index (χ4v) is 5.88. The number of ether oxygens (including phenoxy) is 3. The summed E-state index contributed by atoms with van der Waals surface area (Å²) in [6.07, 6.45) is 0.724. The van der Waals surface area contributed by atoms with Gasteiger partial charge in [-0.05, 0) is 84.3 Å². The number of hydroxylamine groups is 2. The Labute approximate surface area is 284 Å². The summed E-state index contributed by atoms with van der Waals surface area (Å²) in [6.45, 7) is 12.0. The number of ketones is 1. The molecule has 2 aliphatic rings. The fourth-order valence-electron chi connectivity index (χ4n) is 5.88. The van der Waals surface area contributed by atoms with Crippen LogP contribution in [-0.4, -0.2) is 81.8 Å². The van der Waals surface area contributed by atoms with Gasteiger partial charge in [-0.15, -0.1) is 0 Å². The third kappa shape index (κ3) is 11.2. The topological polar surface area (TPSA) is 115 Å². The number of hydrogen-bond donors (Lipinski definition) is 0. The van der Waals surface area contributed by atoms with Crippen molar-refractivity contribution in [2.75, 3.05) is 19.6 Å². The first-order valence-corrected chi connectivity index (χ1v) is 16.9. The SMILES string of the molecule is CC(C)(C)OC(=O)N1C[C@H](N(OCc2ccccc2)C(=O)OC(C)(C)C)CCC1C(=O)CC1CCN(C(=O)OCc2ccccc2)CC1. The molecule has 2 heterocycles. The van der Waals surface area contributed by atoms with E-state index in [1.807, 2.05) is 60.7 Å². The highest BCUT2D eigenvalue weighted by Gasteiger charge is 2.43. The number of hydrogen-bond acceptors (Lipinski definition) is 8. The standard InChI is InChI=1S/C37H51N3O8/c1-36(2,3)47-34(43)39-24-30(40(35(44)48-37(4,5)6)46-26-29-15-11-8-12-16-29)17-18-31(39)32(41)23-27-19-21-38(22-20-27)33(42)45-25-28-13-9-7-10-14-28/h7-16,27,30-31H,17-26H2,1-6H3/t30-,31?/m1/s1. The van der Waals surface area contributed by atoms with Crippen molar-refractivity contribution < 1.29 is 38.2 Å². The van der Waals surface area contributed by atoms with Crippen LogP contribution in [0.15, 0.2) is 60.7 Å². The number of nitrogens with zero attached hydrogens (tertiary/aromatic N) is 3. The molecule has 2 atom stereocenters. The van der Waals surface area contributed by atoms with Gasteiger partial charge < -0.3 is 19.1 Å². The van der Waals surface area contributed by atoms with Crippen LogP contribution in [0.4, 0.5) is 14.4 Å². The number of carbonyl (C=O) groups is 4. The van der Waals surface area contributed by atoms with Crippen LogP contribution in [0, 0.1) is 5.92 Å². The number of Topliss-reactive ketones (excluding diaryl/α,β-unsaturated/α-hetero) is 1. The number of carbonyl (C=O) groups excluding carboxylic acids is 4. The van der Waals surface area contributed by atoms with Gasteiger partial charge in [0.25, 0.3) is 0 Å². The molecule has 2 aromatic rings. The largest absolute Gasteiger partial charge is 0.445 e. The fraction of sp³-hybridized carbons (Fsp3) is 0.568. The molecule has 2 aliphatic heterocycles. The molecule has 11 heteroatoms. The number of likely N-dealkylation sites (tertiary alicyclic amines) is 2. The average molecular weight is 666 g/mol. The first-order valence-electron chi connectivity index (χ1n) is 16.9. The first-order chi connectivity index (χ1) is 22.7. The smallest absolute Gasteiger partial charge is 0.434 e. The van der Waals surface area contributed by atoms with E-state index in [4.69, 9.17) is 19.0 Å². The lowest BCUT2D eigenvalue weighted by molar-refractivity contribution is -0.189. The summed E-state index contributed by atoms with van der Waals surface area (Å²) in [4.78, 5) is 62.6. The molecular formula is C37H51N3O8. The molecule has 0 bridgehead atoms. The Hall–Kier alpha value is -4.12. The lowest BCUT2D eigenvalue weighted by Crippen LogP contribution is -2.58. The van der Waals surface area contributed by atoms with E-state index in [9.17, 15) is 19.2 Å². The molecule has 262 valence electrons. The molecule has 3 amide bonds. The second-order valence-corrected chi connectivity index (χ2v) is 14.6. The van der Waals surface area contributed by atoms with E-state index in [0.29, 0.717) is 38.8 Å². The van der Waals surface area contributed by atoms with E-state index in [0.717, 1.165) is 11.1 Å². The molecule has 1 unspecified atom stereocenters. The average Bonchev–Trinajstić information content (AvgIpc) is 3.03. The maximum Gasteiger partial charge on any atom is 0.434 e. The van der Waals surface area contributed by atoms with Gasteiger partial charge in [-0.1, -0.05) is 60.7 Å². The molecule has 2 fully saturated rings. The number of benzene rings is 2. The van der Waals surface area contributed by atoms with Crippen molar-refractivity contribution in [2.24, 2.45) is 5.92 Å². The van der Waals surface area contributed by atoms with Gasteiger partial charge in [0.1, 0.15) is 24.4 Å². The van der Waals surface area contributed by atoms with Gasteiger partial charge in [-0.25, -0.2) is 14.4 Å². The maximum absolute atomic E-state index is 13.8. The lowest BCUT2D eigenvalue weighted by Gasteiger charge is -2.43. The lowest BCUT2D eigenvalue weighted by atomic mass is 9.86. The third-order valence-corrected chi connectivity index (χ3v) is 8.24. The van der Waals surface area contributed by atoms with Gasteiger partial charge in [-0.2, -0.15) is 5.06 Å². The molecule has 0 aromatic heterocycles. The quantitative estimate of drug-likeness (QED) is 0.205. The third-order valence-electron chi connectivity index (χ3n) is 8.24. The highest BCUT2D eigenvalue weighted by atomic mass is 16.7. The zero-order valence-corrected chi connectivity index (χ0v) is 29.2. The van der Waals surface area contributed by atoms with Crippen molar-refractivity contribution in [1.29, 1.82) is 0 Å². The Kier molecular flexibility index (Phi) is 12.5. The van der Waals surface area contributed by atoms with Crippen LogP contribution >= 0.6 is 0 Å². The molecule has 11 nitrogen and oxygen atoms in total. The van der Waals surface area contributed by atoms with Crippen LogP contribution in [-0.2, 0) is 37.1 Å². The minimum Gasteiger partial charge on any atom is -0.445 e.